The normalized spacial score (nSPS) is 13.9. The summed E-state index contributed by atoms with van der Waals surface area (Å²) in [6.45, 7) is 3.91. The van der Waals surface area contributed by atoms with E-state index in [4.69, 9.17) is 18.9 Å². The third-order valence-electron chi connectivity index (χ3n) is 6.11. The third-order valence-corrected chi connectivity index (χ3v) is 6.70. The lowest BCUT2D eigenvalue weighted by atomic mass is 10.1. The average Bonchev–Trinajstić information content (AvgIpc) is 2.99. The summed E-state index contributed by atoms with van der Waals surface area (Å²) in [5, 5.41) is 4.62. The molecule has 5 amide bonds. The van der Waals surface area contributed by atoms with Crippen molar-refractivity contribution in [2.75, 3.05) is 37.1 Å². The Kier molecular flexibility index (Phi) is 10.6. The molecule has 230 valence electrons. The van der Waals surface area contributed by atoms with Gasteiger partial charge >= 0.3 is 6.03 Å². The van der Waals surface area contributed by atoms with Crippen molar-refractivity contribution in [3.05, 3.63) is 76.0 Å². The van der Waals surface area contributed by atoms with Gasteiger partial charge in [-0.25, -0.2) is 14.1 Å². The molecule has 0 saturated carbocycles. The highest BCUT2D eigenvalue weighted by Gasteiger charge is 2.37. The molecule has 0 atom stereocenters. The second kappa shape index (κ2) is 14.5. The lowest BCUT2D eigenvalue weighted by Crippen LogP contribution is -2.54. The maximum atomic E-state index is 13.9. The first kappa shape index (κ1) is 32.0. The number of imide groups is 2. The number of rotatable bonds is 12. The highest BCUT2D eigenvalue weighted by molar-refractivity contribution is 9.10. The summed E-state index contributed by atoms with van der Waals surface area (Å²) in [5.41, 5.74) is 0.217. The van der Waals surface area contributed by atoms with Crippen molar-refractivity contribution >= 4 is 57.1 Å². The van der Waals surface area contributed by atoms with Crippen molar-refractivity contribution in [2.24, 2.45) is 0 Å². The van der Waals surface area contributed by atoms with E-state index in [1.807, 2.05) is 6.92 Å². The number of carbonyl (C=O) groups excluding carboxylic acids is 4. The lowest BCUT2D eigenvalue weighted by Gasteiger charge is -2.27. The van der Waals surface area contributed by atoms with E-state index in [0.717, 1.165) is 11.3 Å². The zero-order valence-corrected chi connectivity index (χ0v) is 25.7. The van der Waals surface area contributed by atoms with Crippen LogP contribution >= 0.6 is 15.9 Å². The molecule has 2 N–H and O–H groups in total. The van der Waals surface area contributed by atoms with Gasteiger partial charge in [-0.15, -0.1) is 0 Å². The van der Waals surface area contributed by atoms with E-state index in [2.05, 4.69) is 26.6 Å². The number of amides is 5. The summed E-state index contributed by atoms with van der Waals surface area (Å²) in [4.78, 5) is 52.2. The molecule has 1 aliphatic heterocycles. The minimum absolute atomic E-state index is 0.00864. The van der Waals surface area contributed by atoms with E-state index < -0.39 is 36.2 Å². The van der Waals surface area contributed by atoms with Crippen molar-refractivity contribution in [1.29, 1.82) is 0 Å². The molecular formula is C31H29BrFN3O8. The van der Waals surface area contributed by atoms with Crippen LogP contribution in [0.15, 0.2) is 64.6 Å². The molecule has 3 aromatic carbocycles. The Morgan fingerprint density at radius 2 is 1.77 bits per heavy atom. The number of hydrogen-bond acceptors (Lipinski definition) is 8. The van der Waals surface area contributed by atoms with Crippen LogP contribution in [0.3, 0.4) is 0 Å². The predicted octanol–water partition coefficient (Wildman–Crippen LogP) is 5.47. The molecular weight excluding hydrogens is 641 g/mol. The van der Waals surface area contributed by atoms with Crippen molar-refractivity contribution in [2.45, 2.75) is 20.3 Å². The molecule has 11 nitrogen and oxygen atoms in total. The van der Waals surface area contributed by atoms with Gasteiger partial charge in [-0.3, -0.25) is 19.7 Å². The Hall–Kier alpha value is -4.91. The zero-order valence-electron chi connectivity index (χ0n) is 24.1. The van der Waals surface area contributed by atoms with Gasteiger partial charge in [0.1, 0.15) is 11.4 Å². The smallest absolute Gasteiger partial charge is 0.335 e. The van der Waals surface area contributed by atoms with Gasteiger partial charge in [0.2, 0.25) is 0 Å². The third kappa shape index (κ3) is 7.35. The van der Waals surface area contributed by atoms with Crippen LogP contribution in [0, 0.1) is 5.82 Å². The van der Waals surface area contributed by atoms with Crippen molar-refractivity contribution in [3.8, 4) is 23.0 Å². The van der Waals surface area contributed by atoms with Crippen molar-refractivity contribution < 1.29 is 42.5 Å². The maximum absolute atomic E-state index is 13.9. The summed E-state index contributed by atoms with van der Waals surface area (Å²) >= 11 is 3.39. The summed E-state index contributed by atoms with van der Waals surface area (Å²) in [6, 6.07) is 12.4. The molecule has 0 unspecified atom stereocenters. The van der Waals surface area contributed by atoms with Crippen LogP contribution in [0.4, 0.5) is 20.6 Å². The quantitative estimate of drug-likeness (QED) is 0.192. The Balaban J connectivity index is 1.59. The topological polar surface area (TPSA) is 132 Å². The molecule has 0 bridgehead atoms. The number of hydrogen-bond donors (Lipinski definition) is 2. The number of methoxy groups -OCH3 is 1. The van der Waals surface area contributed by atoms with E-state index in [9.17, 15) is 23.6 Å². The number of urea groups is 1. The monoisotopic (exact) mass is 669 g/mol. The van der Waals surface area contributed by atoms with Crippen LogP contribution in [0.2, 0.25) is 0 Å². The fourth-order valence-electron chi connectivity index (χ4n) is 4.15. The second-order valence-electron chi connectivity index (χ2n) is 9.22. The average molecular weight is 670 g/mol. The van der Waals surface area contributed by atoms with Gasteiger partial charge in [0.05, 0.1) is 36.2 Å². The summed E-state index contributed by atoms with van der Waals surface area (Å²) in [7, 11) is 1.43. The number of carbonyl (C=O) groups is 4. The van der Waals surface area contributed by atoms with Crippen LogP contribution in [-0.4, -0.2) is 50.7 Å². The molecule has 4 rings (SSSR count). The molecule has 44 heavy (non-hydrogen) atoms. The van der Waals surface area contributed by atoms with Crippen molar-refractivity contribution in [1.82, 2.24) is 5.32 Å². The van der Waals surface area contributed by atoms with Crippen LogP contribution in [-0.2, 0) is 14.4 Å². The first-order valence-corrected chi connectivity index (χ1v) is 14.3. The molecule has 3 aromatic rings. The SMILES string of the molecule is CCCOc1ccc(N2C(=O)NC(=O)/C(=C/c3cc(Br)c(OCC(=O)Nc4ccccc4F)c(OCC)c3)C2=O)cc1OC. The Morgan fingerprint density at radius 3 is 2.48 bits per heavy atom. The van der Waals surface area contributed by atoms with Gasteiger partial charge < -0.3 is 24.3 Å². The molecule has 0 aliphatic carbocycles. The molecule has 1 fully saturated rings. The largest absolute Gasteiger partial charge is 0.493 e. The second-order valence-corrected chi connectivity index (χ2v) is 10.1. The maximum Gasteiger partial charge on any atom is 0.335 e. The summed E-state index contributed by atoms with van der Waals surface area (Å²) < 4.78 is 36.6. The summed E-state index contributed by atoms with van der Waals surface area (Å²) in [5.74, 6) is -1.81. The van der Waals surface area contributed by atoms with Gasteiger partial charge in [0, 0.05) is 6.07 Å². The zero-order chi connectivity index (χ0) is 31.8. The fraction of sp³-hybridized carbons (Fsp3) is 0.226. The van der Waals surface area contributed by atoms with E-state index in [-0.39, 0.29) is 35.1 Å². The van der Waals surface area contributed by atoms with Crippen LogP contribution < -0.4 is 34.5 Å². The van der Waals surface area contributed by atoms with E-state index in [1.165, 1.54) is 49.6 Å². The first-order chi connectivity index (χ1) is 21.2. The summed E-state index contributed by atoms with van der Waals surface area (Å²) in [6.07, 6.45) is 2.07. The Labute approximate surface area is 261 Å². The first-order valence-electron chi connectivity index (χ1n) is 13.5. The molecule has 1 heterocycles. The molecule has 0 spiro atoms. The number of ether oxygens (including phenoxy) is 4. The minimum atomic E-state index is -0.921. The van der Waals surface area contributed by atoms with Crippen LogP contribution in [0.5, 0.6) is 23.0 Å². The van der Waals surface area contributed by atoms with Crippen molar-refractivity contribution in [3.63, 3.8) is 0 Å². The number of para-hydroxylation sites is 1. The molecule has 0 aromatic heterocycles. The van der Waals surface area contributed by atoms with Gasteiger partial charge in [-0.05, 0) is 77.3 Å². The van der Waals surface area contributed by atoms with E-state index >= 15 is 0 Å². The Bertz CT molecular complexity index is 1630. The van der Waals surface area contributed by atoms with E-state index in [1.54, 1.807) is 25.1 Å². The lowest BCUT2D eigenvalue weighted by molar-refractivity contribution is -0.122. The number of halogens is 2. The number of nitrogens with one attached hydrogen (secondary N) is 2. The fourth-order valence-corrected chi connectivity index (χ4v) is 4.72. The number of benzene rings is 3. The highest BCUT2D eigenvalue weighted by Crippen LogP contribution is 2.38. The van der Waals surface area contributed by atoms with Gasteiger partial charge in [-0.2, -0.15) is 0 Å². The number of anilines is 2. The molecule has 0 radical (unpaired) electrons. The number of barbiturate groups is 1. The highest BCUT2D eigenvalue weighted by atomic mass is 79.9. The van der Waals surface area contributed by atoms with Gasteiger partial charge in [-0.1, -0.05) is 19.1 Å². The van der Waals surface area contributed by atoms with Gasteiger partial charge in [0.25, 0.3) is 17.7 Å². The van der Waals surface area contributed by atoms with Crippen LogP contribution in [0.25, 0.3) is 6.08 Å². The van der Waals surface area contributed by atoms with Crippen LogP contribution in [0.1, 0.15) is 25.8 Å². The van der Waals surface area contributed by atoms with Gasteiger partial charge in [0.15, 0.2) is 29.6 Å². The van der Waals surface area contributed by atoms with E-state index in [0.29, 0.717) is 28.1 Å². The standard InChI is InChI=1S/C31H29BrFN3O8/c1-4-12-43-24-11-10-19(16-25(24)41-3)36-30(39)20(29(38)35-31(36)40)13-18-14-21(32)28(26(15-18)42-5-2)44-17-27(37)34-23-9-7-6-8-22(23)33/h6-11,13-16H,4-5,12,17H2,1-3H3,(H,34,37)(H,35,38,40)/b20-13-. The minimum Gasteiger partial charge on any atom is -0.493 e. The Morgan fingerprint density at radius 1 is 1.00 bits per heavy atom. The number of nitrogens with zero attached hydrogens (tertiary/aromatic N) is 1. The molecule has 1 aliphatic rings. The molecule has 1 saturated heterocycles. The molecule has 13 heteroatoms. The predicted molar refractivity (Wildman–Crippen MR) is 164 cm³/mol.